The molecule has 1 heterocycles. The van der Waals surface area contributed by atoms with E-state index in [1.807, 2.05) is 32.0 Å². The number of aliphatic hydroxyl groups excluding tert-OH is 1. The first-order valence-electron chi connectivity index (χ1n) is 6.52. The molecule has 108 valence electrons. The molecule has 2 rings (SSSR count). The quantitative estimate of drug-likeness (QED) is 0.890. The Morgan fingerprint density at radius 3 is 2.80 bits per heavy atom. The smallest absolute Gasteiger partial charge is 0.138 e. The molecule has 0 saturated heterocycles. The molecule has 1 atom stereocenters. The number of aromatic nitrogens is 1. The van der Waals surface area contributed by atoms with Crippen LogP contribution in [0, 0.1) is 0 Å². The van der Waals surface area contributed by atoms with Crippen LogP contribution in [0.25, 0.3) is 10.9 Å². The van der Waals surface area contributed by atoms with Gasteiger partial charge < -0.3 is 14.6 Å². The van der Waals surface area contributed by atoms with Crippen LogP contribution in [0.5, 0.6) is 5.75 Å². The summed E-state index contributed by atoms with van der Waals surface area (Å²) in [6, 6.07) is 7.33. The van der Waals surface area contributed by atoms with Crippen LogP contribution in [0.15, 0.2) is 30.5 Å². The molecule has 5 heteroatoms. The summed E-state index contributed by atoms with van der Waals surface area (Å²) < 4.78 is 10.8. The number of ether oxygens (including phenoxy) is 2. The van der Waals surface area contributed by atoms with Gasteiger partial charge in [-0.1, -0.05) is 11.6 Å². The third-order valence-corrected chi connectivity index (χ3v) is 2.92. The molecule has 4 nitrogen and oxygen atoms in total. The van der Waals surface area contributed by atoms with Gasteiger partial charge in [0.05, 0.1) is 24.4 Å². The number of halogens is 1. The first kappa shape index (κ1) is 15.0. The van der Waals surface area contributed by atoms with E-state index in [-0.39, 0.29) is 19.3 Å². The van der Waals surface area contributed by atoms with E-state index < -0.39 is 6.10 Å². The Balaban J connectivity index is 1.96. The summed E-state index contributed by atoms with van der Waals surface area (Å²) in [7, 11) is 0. The van der Waals surface area contributed by atoms with Gasteiger partial charge >= 0.3 is 0 Å². The molecule has 0 saturated carbocycles. The lowest BCUT2D eigenvalue weighted by Crippen LogP contribution is -2.25. The van der Waals surface area contributed by atoms with E-state index in [1.165, 1.54) is 0 Å². The van der Waals surface area contributed by atoms with Gasteiger partial charge in [-0.25, -0.2) is 0 Å². The third kappa shape index (κ3) is 4.34. The SMILES string of the molecule is CC(C)OC[C@@H](O)COc1cnc2ccc(Cl)cc2c1. The van der Waals surface area contributed by atoms with Gasteiger partial charge in [-0.15, -0.1) is 0 Å². The van der Waals surface area contributed by atoms with Crippen molar-refractivity contribution in [3.8, 4) is 5.75 Å². The molecular weight excluding hydrogens is 278 g/mol. The second kappa shape index (κ2) is 6.88. The van der Waals surface area contributed by atoms with Crippen LogP contribution >= 0.6 is 11.6 Å². The van der Waals surface area contributed by atoms with Crippen LogP contribution in [-0.4, -0.2) is 35.5 Å². The monoisotopic (exact) mass is 295 g/mol. The summed E-state index contributed by atoms with van der Waals surface area (Å²) in [5.41, 5.74) is 0.852. The fraction of sp³-hybridized carbons (Fsp3) is 0.400. The summed E-state index contributed by atoms with van der Waals surface area (Å²) in [6.45, 7) is 4.26. The number of aliphatic hydroxyl groups is 1. The molecule has 0 amide bonds. The van der Waals surface area contributed by atoms with Crippen LogP contribution in [0.4, 0.5) is 0 Å². The maximum atomic E-state index is 9.73. The molecule has 0 fully saturated rings. The average Bonchev–Trinajstić information content (AvgIpc) is 2.42. The molecule has 0 aliphatic rings. The Morgan fingerprint density at radius 2 is 2.05 bits per heavy atom. The van der Waals surface area contributed by atoms with Gasteiger partial charge in [-0.3, -0.25) is 4.98 Å². The Bertz CT molecular complexity index is 574. The van der Waals surface area contributed by atoms with E-state index in [1.54, 1.807) is 12.3 Å². The number of hydrogen-bond acceptors (Lipinski definition) is 4. The molecule has 0 aliphatic heterocycles. The Kier molecular flexibility index (Phi) is 5.17. The van der Waals surface area contributed by atoms with Crippen molar-refractivity contribution in [3.05, 3.63) is 35.5 Å². The van der Waals surface area contributed by atoms with Crippen molar-refractivity contribution in [1.29, 1.82) is 0 Å². The number of nitrogens with zero attached hydrogens (tertiary/aromatic N) is 1. The highest BCUT2D eigenvalue weighted by Gasteiger charge is 2.07. The fourth-order valence-electron chi connectivity index (χ4n) is 1.71. The molecule has 20 heavy (non-hydrogen) atoms. The Labute approximate surface area is 123 Å². The van der Waals surface area contributed by atoms with Crippen molar-refractivity contribution >= 4 is 22.5 Å². The lowest BCUT2D eigenvalue weighted by Gasteiger charge is -2.14. The zero-order valence-electron chi connectivity index (χ0n) is 11.5. The third-order valence-electron chi connectivity index (χ3n) is 2.68. The zero-order chi connectivity index (χ0) is 14.5. The molecule has 2 aromatic rings. The highest BCUT2D eigenvalue weighted by molar-refractivity contribution is 6.31. The minimum Gasteiger partial charge on any atom is -0.489 e. The maximum Gasteiger partial charge on any atom is 0.138 e. The molecule has 1 N–H and O–H groups in total. The summed E-state index contributed by atoms with van der Waals surface area (Å²) in [5.74, 6) is 0.600. The second-order valence-corrected chi connectivity index (χ2v) is 5.29. The van der Waals surface area contributed by atoms with Crippen molar-refractivity contribution in [2.45, 2.75) is 26.1 Å². The number of benzene rings is 1. The van der Waals surface area contributed by atoms with E-state index in [2.05, 4.69) is 4.98 Å². The van der Waals surface area contributed by atoms with E-state index in [0.29, 0.717) is 10.8 Å². The van der Waals surface area contributed by atoms with E-state index >= 15 is 0 Å². The van der Waals surface area contributed by atoms with Crippen molar-refractivity contribution < 1.29 is 14.6 Å². The topological polar surface area (TPSA) is 51.6 Å². The van der Waals surface area contributed by atoms with Crippen LogP contribution < -0.4 is 4.74 Å². The van der Waals surface area contributed by atoms with Gasteiger partial charge in [0, 0.05) is 10.4 Å². The largest absolute Gasteiger partial charge is 0.489 e. The normalized spacial score (nSPS) is 12.8. The van der Waals surface area contributed by atoms with Crippen molar-refractivity contribution in [1.82, 2.24) is 4.98 Å². The molecule has 1 aromatic heterocycles. The molecule has 0 unspecified atom stereocenters. The summed E-state index contributed by atoms with van der Waals surface area (Å²) in [6.07, 6.45) is 1.06. The first-order chi connectivity index (χ1) is 9.54. The Hall–Kier alpha value is -1.36. The highest BCUT2D eigenvalue weighted by atomic mass is 35.5. The van der Waals surface area contributed by atoms with Crippen LogP contribution in [0.3, 0.4) is 0 Å². The van der Waals surface area contributed by atoms with Gasteiger partial charge in [0.15, 0.2) is 0 Å². The van der Waals surface area contributed by atoms with Crippen LogP contribution in [0.2, 0.25) is 5.02 Å². The lowest BCUT2D eigenvalue weighted by atomic mass is 10.2. The zero-order valence-corrected chi connectivity index (χ0v) is 12.3. The minimum atomic E-state index is -0.660. The van der Waals surface area contributed by atoms with Gasteiger partial charge in [0.25, 0.3) is 0 Å². The molecule has 0 bridgehead atoms. The van der Waals surface area contributed by atoms with Gasteiger partial charge in [0.2, 0.25) is 0 Å². The minimum absolute atomic E-state index is 0.0918. The lowest BCUT2D eigenvalue weighted by molar-refractivity contribution is -0.0123. The van der Waals surface area contributed by atoms with E-state index in [4.69, 9.17) is 21.1 Å². The number of rotatable bonds is 6. The predicted molar refractivity (Wildman–Crippen MR) is 79.3 cm³/mol. The number of pyridine rings is 1. The van der Waals surface area contributed by atoms with Crippen molar-refractivity contribution in [2.24, 2.45) is 0 Å². The van der Waals surface area contributed by atoms with E-state index in [0.717, 1.165) is 10.9 Å². The fourth-order valence-corrected chi connectivity index (χ4v) is 1.89. The standard InChI is InChI=1S/C15H18ClNO3/c1-10(2)19-8-13(18)9-20-14-6-11-5-12(16)3-4-15(11)17-7-14/h3-7,10,13,18H,8-9H2,1-2H3/t13-/m1/s1. The molecule has 1 aromatic carbocycles. The predicted octanol–water partition coefficient (Wildman–Crippen LogP) is 3.05. The van der Waals surface area contributed by atoms with Gasteiger partial charge in [0.1, 0.15) is 18.5 Å². The van der Waals surface area contributed by atoms with E-state index in [9.17, 15) is 5.11 Å². The van der Waals surface area contributed by atoms with Gasteiger partial charge in [-0.2, -0.15) is 0 Å². The van der Waals surface area contributed by atoms with Crippen molar-refractivity contribution in [3.63, 3.8) is 0 Å². The molecule has 0 aliphatic carbocycles. The second-order valence-electron chi connectivity index (χ2n) is 4.85. The molecule has 0 spiro atoms. The average molecular weight is 296 g/mol. The highest BCUT2D eigenvalue weighted by Crippen LogP contribution is 2.21. The molecule has 0 radical (unpaired) electrons. The van der Waals surface area contributed by atoms with Crippen molar-refractivity contribution in [2.75, 3.05) is 13.2 Å². The Morgan fingerprint density at radius 1 is 1.25 bits per heavy atom. The summed E-state index contributed by atoms with van der Waals surface area (Å²) >= 11 is 5.94. The number of hydrogen-bond donors (Lipinski definition) is 1. The summed E-state index contributed by atoms with van der Waals surface area (Å²) in [4.78, 5) is 4.28. The first-order valence-corrected chi connectivity index (χ1v) is 6.90. The summed E-state index contributed by atoms with van der Waals surface area (Å²) in [5, 5.41) is 11.3. The maximum absolute atomic E-state index is 9.73. The van der Waals surface area contributed by atoms with Crippen LogP contribution in [-0.2, 0) is 4.74 Å². The molecular formula is C15H18ClNO3. The number of fused-ring (bicyclic) bond motifs is 1. The van der Waals surface area contributed by atoms with Gasteiger partial charge in [-0.05, 0) is 38.1 Å². The van der Waals surface area contributed by atoms with Crippen LogP contribution in [0.1, 0.15) is 13.8 Å².